The summed E-state index contributed by atoms with van der Waals surface area (Å²) in [6, 6.07) is 2.13. The minimum atomic E-state index is 0.00133. The van der Waals surface area contributed by atoms with Gasteiger partial charge in [-0.3, -0.25) is 4.79 Å². The fourth-order valence-corrected chi connectivity index (χ4v) is 3.48. The average molecular weight is 266 g/mol. The molecular formula is C14H22N2OS. The molecule has 1 aromatic rings. The van der Waals surface area contributed by atoms with E-state index in [0.717, 1.165) is 18.8 Å². The van der Waals surface area contributed by atoms with Gasteiger partial charge in [0.2, 0.25) is 0 Å². The van der Waals surface area contributed by atoms with Gasteiger partial charge in [0.25, 0.3) is 5.91 Å². The van der Waals surface area contributed by atoms with E-state index < -0.39 is 0 Å². The zero-order valence-corrected chi connectivity index (χ0v) is 11.8. The van der Waals surface area contributed by atoms with Gasteiger partial charge in [-0.1, -0.05) is 19.8 Å². The summed E-state index contributed by atoms with van der Waals surface area (Å²) in [6.07, 6.45) is 7.33. The van der Waals surface area contributed by atoms with Gasteiger partial charge in [-0.05, 0) is 43.0 Å². The van der Waals surface area contributed by atoms with Crippen molar-refractivity contribution in [2.24, 2.45) is 5.92 Å². The van der Waals surface area contributed by atoms with Crippen LogP contribution in [0.15, 0.2) is 11.4 Å². The molecule has 3 nitrogen and oxygen atoms in total. The molecule has 0 saturated heterocycles. The predicted octanol–water partition coefficient (Wildman–Crippen LogP) is 3.42. The van der Waals surface area contributed by atoms with E-state index in [1.54, 1.807) is 6.07 Å². The first-order valence-corrected chi connectivity index (χ1v) is 7.72. The Hall–Kier alpha value is -1.03. The zero-order valence-electron chi connectivity index (χ0n) is 10.9. The van der Waals surface area contributed by atoms with E-state index in [9.17, 15) is 4.79 Å². The van der Waals surface area contributed by atoms with E-state index in [2.05, 4.69) is 12.2 Å². The van der Waals surface area contributed by atoms with Crippen molar-refractivity contribution in [2.45, 2.75) is 51.5 Å². The van der Waals surface area contributed by atoms with Crippen LogP contribution < -0.4 is 11.1 Å². The molecule has 0 aromatic carbocycles. The Morgan fingerprint density at radius 1 is 1.44 bits per heavy atom. The third kappa shape index (κ3) is 3.25. The number of amides is 1. The molecule has 0 radical (unpaired) electrons. The minimum Gasteiger partial charge on any atom is -0.397 e. The molecular weight excluding hydrogens is 244 g/mol. The standard InChI is InChI=1S/C14H22N2OS/c1-2-3-10-4-6-11(7-5-10)16-14(17)13-12(15)8-9-18-13/h8-11H,2-7,15H2,1H3,(H,16,17). The first-order chi connectivity index (χ1) is 8.70. The molecule has 1 aliphatic rings. The first kappa shape index (κ1) is 13.4. The van der Waals surface area contributed by atoms with Gasteiger partial charge in [0, 0.05) is 6.04 Å². The molecule has 0 bridgehead atoms. The Bertz CT molecular complexity index is 394. The highest BCUT2D eigenvalue weighted by atomic mass is 32.1. The maximum Gasteiger partial charge on any atom is 0.263 e. The van der Waals surface area contributed by atoms with Crippen molar-refractivity contribution in [3.05, 3.63) is 16.3 Å². The number of nitrogen functional groups attached to an aromatic ring is 1. The molecule has 18 heavy (non-hydrogen) atoms. The number of hydrogen-bond donors (Lipinski definition) is 2. The summed E-state index contributed by atoms with van der Waals surface area (Å²) in [7, 11) is 0. The first-order valence-electron chi connectivity index (χ1n) is 6.84. The molecule has 100 valence electrons. The molecule has 4 heteroatoms. The molecule has 0 atom stereocenters. The van der Waals surface area contributed by atoms with E-state index in [0.29, 0.717) is 16.6 Å². The van der Waals surface area contributed by atoms with Crippen LogP contribution in [0.25, 0.3) is 0 Å². The van der Waals surface area contributed by atoms with Crippen molar-refractivity contribution >= 4 is 22.9 Å². The summed E-state index contributed by atoms with van der Waals surface area (Å²) in [5, 5.41) is 4.98. The molecule has 2 rings (SSSR count). The quantitative estimate of drug-likeness (QED) is 0.877. The zero-order chi connectivity index (χ0) is 13.0. The van der Waals surface area contributed by atoms with Crippen molar-refractivity contribution in [2.75, 3.05) is 5.73 Å². The van der Waals surface area contributed by atoms with E-state index in [1.165, 1.54) is 37.0 Å². The van der Waals surface area contributed by atoms with E-state index in [-0.39, 0.29) is 5.91 Å². The highest BCUT2D eigenvalue weighted by Gasteiger charge is 2.23. The number of hydrogen-bond acceptors (Lipinski definition) is 3. The summed E-state index contributed by atoms with van der Waals surface area (Å²) in [4.78, 5) is 12.7. The minimum absolute atomic E-state index is 0.00133. The monoisotopic (exact) mass is 266 g/mol. The molecule has 1 aliphatic carbocycles. The summed E-state index contributed by atoms with van der Waals surface area (Å²) in [6.45, 7) is 2.24. The van der Waals surface area contributed by atoms with Crippen molar-refractivity contribution in [1.29, 1.82) is 0 Å². The van der Waals surface area contributed by atoms with E-state index >= 15 is 0 Å². The Morgan fingerprint density at radius 3 is 2.72 bits per heavy atom. The van der Waals surface area contributed by atoms with Gasteiger partial charge in [-0.2, -0.15) is 0 Å². The SMILES string of the molecule is CCCC1CCC(NC(=O)c2sccc2N)CC1. The molecule has 1 aromatic heterocycles. The second-order valence-corrected chi connectivity index (χ2v) is 6.10. The maximum absolute atomic E-state index is 12.0. The molecule has 1 amide bonds. The highest BCUT2D eigenvalue weighted by Crippen LogP contribution is 2.28. The number of rotatable bonds is 4. The number of nitrogens with two attached hydrogens (primary N) is 1. The third-order valence-electron chi connectivity index (χ3n) is 3.78. The molecule has 1 saturated carbocycles. The molecule has 0 aliphatic heterocycles. The van der Waals surface area contributed by atoms with Gasteiger partial charge < -0.3 is 11.1 Å². The second kappa shape index (κ2) is 6.23. The lowest BCUT2D eigenvalue weighted by atomic mass is 9.83. The van der Waals surface area contributed by atoms with Crippen molar-refractivity contribution in [3.8, 4) is 0 Å². The number of carbonyl (C=O) groups is 1. The molecule has 1 fully saturated rings. The van der Waals surface area contributed by atoms with Crippen LogP contribution in [-0.2, 0) is 0 Å². The lowest BCUT2D eigenvalue weighted by Crippen LogP contribution is -2.37. The van der Waals surface area contributed by atoms with Crippen LogP contribution in [0.2, 0.25) is 0 Å². The number of thiophene rings is 1. The van der Waals surface area contributed by atoms with Gasteiger partial charge in [0.1, 0.15) is 4.88 Å². The summed E-state index contributed by atoms with van der Waals surface area (Å²) < 4.78 is 0. The smallest absolute Gasteiger partial charge is 0.263 e. The fraction of sp³-hybridized carbons (Fsp3) is 0.643. The van der Waals surface area contributed by atoms with Gasteiger partial charge in [0.15, 0.2) is 0 Å². The van der Waals surface area contributed by atoms with Crippen LogP contribution in [0.5, 0.6) is 0 Å². The summed E-state index contributed by atoms with van der Waals surface area (Å²) in [5.41, 5.74) is 6.35. The fourth-order valence-electron chi connectivity index (χ4n) is 2.76. The molecule has 0 unspecified atom stereocenters. The van der Waals surface area contributed by atoms with Crippen molar-refractivity contribution < 1.29 is 4.79 Å². The Balaban J connectivity index is 1.81. The van der Waals surface area contributed by atoms with Crippen molar-refractivity contribution in [3.63, 3.8) is 0 Å². The van der Waals surface area contributed by atoms with Crippen LogP contribution in [0, 0.1) is 5.92 Å². The van der Waals surface area contributed by atoms with Crippen LogP contribution >= 0.6 is 11.3 Å². The Labute approximate surface area is 113 Å². The van der Waals surface area contributed by atoms with Crippen LogP contribution in [-0.4, -0.2) is 11.9 Å². The highest BCUT2D eigenvalue weighted by molar-refractivity contribution is 7.12. The lowest BCUT2D eigenvalue weighted by molar-refractivity contribution is 0.0926. The van der Waals surface area contributed by atoms with Gasteiger partial charge in [-0.25, -0.2) is 0 Å². The summed E-state index contributed by atoms with van der Waals surface area (Å²) in [5.74, 6) is 0.872. The van der Waals surface area contributed by atoms with Crippen LogP contribution in [0.3, 0.4) is 0 Å². The molecule has 1 heterocycles. The van der Waals surface area contributed by atoms with Crippen LogP contribution in [0.1, 0.15) is 55.1 Å². The van der Waals surface area contributed by atoms with Gasteiger partial charge in [0.05, 0.1) is 5.69 Å². The Kier molecular flexibility index (Phi) is 4.64. The number of carbonyl (C=O) groups excluding carboxylic acids is 1. The van der Waals surface area contributed by atoms with Gasteiger partial charge in [-0.15, -0.1) is 11.3 Å². The lowest BCUT2D eigenvalue weighted by Gasteiger charge is -2.28. The predicted molar refractivity (Wildman–Crippen MR) is 76.9 cm³/mol. The normalized spacial score (nSPS) is 23.8. The van der Waals surface area contributed by atoms with Crippen molar-refractivity contribution in [1.82, 2.24) is 5.32 Å². The van der Waals surface area contributed by atoms with E-state index in [1.807, 2.05) is 5.38 Å². The third-order valence-corrected chi connectivity index (χ3v) is 4.71. The van der Waals surface area contributed by atoms with Crippen LogP contribution in [0.4, 0.5) is 5.69 Å². The number of anilines is 1. The topological polar surface area (TPSA) is 55.1 Å². The van der Waals surface area contributed by atoms with Gasteiger partial charge >= 0.3 is 0 Å². The number of nitrogens with one attached hydrogen (secondary N) is 1. The van der Waals surface area contributed by atoms with E-state index in [4.69, 9.17) is 5.73 Å². The Morgan fingerprint density at radius 2 is 2.17 bits per heavy atom. The summed E-state index contributed by atoms with van der Waals surface area (Å²) >= 11 is 1.42. The average Bonchev–Trinajstić information content (AvgIpc) is 2.78. The largest absolute Gasteiger partial charge is 0.397 e. The second-order valence-electron chi connectivity index (χ2n) is 5.18. The maximum atomic E-state index is 12.0. The molecule has 3 N–H and O–H groups in total. The molecule has 0 spiro atoms.